The first-order valence-corrected chi connectivity index (χ1v) is 9.66. The Morgan fingerprint density at radius 1 is 1.04 bits per heavy atom. The lowest BCUT2D eigenvalue weighted by Gasteiger charge is -2.27. The molecule has 2 aromatic carbocycles. The fourth-order valence-corrected chi connectivity index (χ4v) is 3.58. The van der Waals surface area contributed by atoms with Crippen molar-refractivity contribution in [2.75, 3.05) is 16.3 Å². The monoisotopic (exact) mass is 372 g/mol. The summed E-state index contributed by atoms with van der Waals surface area (Å²) < 4.78 is 0. The van der Waals surface area contributed by atoms with E-state index in [0.717, 1.165) is 24.5 Å². The molecule has 5 heteroatoms. The van der Waals surface area contributed by atoms with Gasteiger partial charge in [0.15, 0.2) is 0 Å². The largest absolute Gasteiger partial charge is 0.349 e. The highest BCUT2D eigenvalue weighted by Crippen LogP contribution is 2.28. The molecule has 0 spiro atoms. The molecule has 3 aromatic rings. The van der Waals surface area contributed by atoms with Crippen LogP contribution in [-0.4, -0.2) is 28.5 Å². The van der Waals surface area contributed by atoms with Crippen molar-refractivity contribution < 1.29 is 4.79 Å². The summed E-state index contributed by atoms with van der Waals surface area (Å²) in [6.07, 6.45) is 4.18. The SMILES string of the molecule is CC(C)N(Cc1ccccc1)c1cnc(C(=O)N2CCc3ccccc32)cn1. The van der Waals surface area contributed by atoms with E-state index in [-0.39, 0.29) is 11.9 Å². The van der Waals surface area contributed by atoms with E-state index in [1.54, 1.807) is 17.3 Å². The average molecular weight is 372 g/mol. The van der Waals surface area contributed by atoms with Gasteiger partial charge >= 0.3 is 0 Å². The Hall–Kier alpha value is -3.21. The van der Waals surface area contributed by atoms with Crippen LogP contribution in [0.4, 0.5) is 11.5 Å². The molecule has 142 valence electrons. The quantitative estimate of drug-likeness (QED) is 0.677. The minimum Gasteiger partial charge on any atom is -0.349 e. The van der Waals surface area contributed by atoms with Crippen LogP contribution in [-0.2, 0) is 13.0 Å². The Morgan fingerprint density at radius 3 is 2.50 bits per heavy atom. The summed E-state index contributed by atoms with van der Waals surface area (Å²) in [6.45, 7) is 5.70. The first kappa shape index (κ1) is 18.2. The number of hydrogen-bond donors (Lipinski definition) is 0. The number of amides is 1. The zero-order valence-electron chi connectivity index (χ0n) is 16.2. The number of nitrogens with zero attached hydrogens (tertiary/aromatic N) is 4. The summed E-state index contributed by atoms with van der Waals surface area (Å²) in [5.41, 5.74) is 3.77. The second-order valence-corrected chi connectivity index (χ2v) is 7.30. The molecule has 2 heterocycles. The number of hydrogen-bond acceptors (Lipinski definition) is 4. The minimum absolute atomic E-state index is 0.0943. The van der Waals surface area contributed by atoms with E-state index in [1.165, 1.54) is 11.1 Å². The fraction of sp³-hybridized carbons (Fsp3) is 0.261. The van der Waals surface area contributed by atoms with Gasteiger partial charge in [-0.25, -0.2) is 9.97 Å². The third-order valence-corrected chi connectivity index (χ3v) is 5.10. The number of anilines is 2. The average Bonchev–Trinajstić information content (AvgIpc) is 3.16. The maximum atomic E-state index is 12.9. The Balaban J connectivity index is 1.54. The topological polar surface area (TPSA) is 49.3 Å². The number of aromatic nitrogens is 2. The molecule has 0 radical (unpaired) electrons. The highest BCUT2D eigenvalue weighted by atomic mass is 16.2. The summed E-state index contributed by atoms with van der Waals surface area (Å²) >= 11 is 0. The number of carbonyl (C=O) groups excluding carboxylic acids is 1. The molecule has 0 unspecified atom stereocenters. The third-order valence-electron chi connectivity index (χ3n) is 5.10. The van der Waals surface area contributed by atoms with Gasteiger partial charge < -0.3 is 9.80 Å². The highest BCUT2D eigenvalue weighted by molar-refractivity contribution is 6.05. The Bertz CT molecular complexity index is 954. The van der Waals surface area contributed by atoms with Crippen molar-refractivity contribution in [2.45, 2.75) is 32.9 Å². The van der Waals surface area contributed by atoms with Gasteiger partial charge in [-0.15, -0.1) is 0 Å². The Labute approximate surface area is 165 Å². The standard InChI is InChI=1S/C23H24N4O/c1-17(2)27(16-18-8-4-3-5-9-18)22-15-24-20(14-25-22)23(28)26-13-12-19-10-6-7-11-21(19)26/h3-11,14-15,17H,12-13,16H2,1-2H3. The van der Waals surface area contributed by atoms with Crippen LogP contribution in [0.3, 0.4) is 0 Å². The van der Waals surface area contributed by atoms with E-state index < -0.39 is 0 Å². The first-order valence-electron chi connectivity index (χ1n) is 9.66. The number of benzene rings is 2. The van der Waals surface area contributed by atoms with Crippen molar-refractivity contribution in [1.82, 2.24) is 9.97 Å². The van der Waals surface area contributed by atoms with Gasteiger partial charge in [0.2, 0.25) is 0 Å². The molecule has 5 nitrogen and oxygen atoms in total. The van der Waals surface area contributed by atoms with Gasteiger partial charge in [0.05, 0.1) is 12.4 Å². The Kier molecular flexibility index (Phi) is 5.06. The predicted octanol–water partition coefficient (Wildman–Crippen LogP) is 4.09. The van der Waals surface area contributed by atoms with Crippen LogP contribution in [0.15, 0.2) is 67.0 Å². The van der Waals surface area contributed by atoms with Gasteiger partial charge in [-0.05, 0) is 37.5 Å². The molecular formula is C23H24N4O. The van der Waals surface area contributed by atoms with Crippen LogP contribution in [0.25, 0.3) is 0 Å². The summed E-state index contributed by atoms with van der Waals surface area (Å²) in [7, 11) is 0. The predicted molar refractivity (Wildman–Crippen MR) is 112 cm³/mol. The van der Waals surface area contributed by atoms with Crippen LogP contribution in [0.5, 0.6) is 0 Å². The summed E-state index contributed by atoms with van der Waals surface area (Å²) in [5.74, 6) is 0.681. The molecule has 0 saturated heterocycles. The zero-order valence-corrected chi connectivity index (χ0v) is 16.2. The van der Waals surface area contributed by atoms with Gasteiger partial charge in [-0.2, -0.15) is 0 Å². The number of fused-ring (bicyclic) bond motifs is 1. The van der Waals surface area contributed by atoms with Crippen molar-refractivity contribution in [2.24, 2.45) is 0 Å². The number of para-hydroxylation sites is 1. The second kappa shape index (κ2) is 7.80. The van der Waals surface area contributed by atoms with Crippen molar-refractivity contribution in [3.63, 3.8) is 0 Å². The van der Waals surface area contributed by atoms with Crippen LogP contribution in [0, 0.1) is 0 Å². The molecule has 1 aromatic heterocycles. The summed E-state index contributed by atoms with van der Waals surface area (Å²) in [4.78, 5) is 25.9. The smallest absolute Gasteiger partial charge is 0.278 e. The van der Waals surface area contributed by atoms with Crippen LogP contribution >= 0.6 is 0 Å². The highest BCUT2D eigenvalue weighted by Gasteiger charge is 2.26. The number of rotatable bonds is 5. The fourth-order valence-electron chi connectivity index (χ4n) is 3.58. The summed E-state index contributed by atoms with van der Waals surface area (Å²) in [6, 6.07) is 18.6. The molecule has 0 N–H and O–H groups in total. The molecule has 0 saturated carbocycles. The van der Waals surface area contributed by atoms with Crippen LogP contribution in [0.2, 0.25) is 0 Å². The van der Waals surface area contributed by atoms with E-state index in [4.69, 9.17) is 0 Å². The van der Waals surface area contributed by atoms with Gasteiger partial charge in [-0.1, -0.05) is 48.5 Å². The van der Waals surface area contributed by atoms with Crippen LogP contribution < -0.4 is 9.80 Å². The minimum atomic E-state index is -0.0943. The van der Waals surface area contributed by atoms with E-state index in [2.05, 4.69) is 46.9 Å². The summed E-state index contributed by atoms with van der Waals surface area (Å²) in [5, 5.41) is 0. The van der Waals surface area contributed by atoms with E-state index in [0.29, 0.717) is 12.2 Å². The normalized spacial score (nSPS) is 12.9. The Morgan fingerprint density at radius 2 is 1.79 bits per heavy atom. The molecule has 1 amide bonds. The zero-order chi connectivity index (χ0) is 19.5. The maximum Gasteiger partial charge on any atom is 0.278 e. The molecule has 0 bridgehead atoms. The van der Waals surface area contributed by atoms with Crippen molar-refractivity contribution in [3.8, 4) is 0 Å². The molecule has 1 aliphatic heterocycles. The van der Waals surface area contributed by atoms with Crippen LogP contribution in [0.1, 0.15) is 35.5 Å². The van der Waals surface area contributed by atoms with Gasteiger partial charge in [0.25, 0.3) is 5.91 Å². The molecule has 1 aliphatic rings. The first-order chi connectivity index (χ1) is 13.6. The van der Waals surface area contributed by atoms with E-state index in [9.17, 15) is 4.79 Å². The van der Waals surface area contributed by atoms with Crippen molar-refractivity contribution in [3.05, 3.63) is 83.8 Å². The lowest BCUT2D eigenvalue weighted by Crippen LogP contribution is -2.32. The molecule has 0 aliphatic carbocycles. The molecule has 0 fully saturated rings. The van der Waals surface area contributed by atoms with Crippen molar-refractivity contribution in [1.29, 1.82) is 0 Å². The number of carbonyl (C=O) groups is 1. The molecule has 0 atom stereocenters. The van der Waals surface area contributed by atoms with E-state index >= 15 is 0 Å². The van der Waals surface area contributed by atoms with E-state index in [1.807, 2.05) is 36.4 Å². The maximum absolute atomic E-state index is 12.9. The molecule has 28 heavy (non-hydrogen) atoms. The van der Waals surface area contributed by atoms with Gasteiger partial charge in [0.1, 0.15) is 11.5 Å². The third kappa shape index (κ3) is 3.60. The lowest BCUT2D eigenvalue weighted by molar-refractivity contribution is 0.0984. The second-order valence-electron chi connectivity index (χ2n) is 7.30. The van der Waals surface area contributed by atoms with Gasteiger partial charge in [0, 0.05) is 24.8 Å². The van der Waals surface area contributed by atoms with Crippen molar-refractivity contribution >= 4 is 17.4 Å². The molecular weight excluding hydrogens is 348 g/mol. The van der Waals surface area contributed by atoms with Gasteiger partial charge in [-0.3, -0.25) is 4.79 Å². The lowest BCUT2D eigenvalue weighted by atomic mass is 10.2. The molecule has 4 rings (SSSR count).